The number of aliphatic hydroxyl groups excluding tert-OH is 2. The Bertz CT molecular complexity index is 359. The highest BCUT2D eigenvalue weighted by atomic mass is 16.5. The summed E-state index contributed by atoms with van der Waals surface area (Å²) >= 11 is 0. The SMILES string of the molecule is N=c1ccc(N(CCO)CCO)nn1O. The van der Waals surface area contributed by atoms with Crippen molar-refractivity contribution in [2.45, 2.75) is 0 Å². The molecule has 1 rings (SSSR count). The molecule has 7 nitrogen and oxygen atoms in total. The van der Waals surface area contributed by atoms with Crippen molar-refractivity contribution >= 4 is 5.82 Å². The van der Waals surface area contributed by atoms with Crippen LogP contribution in [0.5, 0.6) is 0 Å². The van der Waals surface area contributed by atoms with E-state index in [1.165, 1.54) is 6.07 Å². The van der Waals surface area contributed by atoms with Crippen LogP contribution in [-0.2, 0) is 0 Å². The lowest BCUT2D eigenvalue weighted by atomic mass is 10.4. The van der Waals surface area contributed by atoms with Crippen LogP contribution in [-0.4, -0.2) is 51.7 Å². The minimum absolute atomic E-state index is 0.0737. The second-order valence-corrected chi connectivity index (χ2v) is 2.90. The summed E-state index contributed by atoms with van der Waals surface area (Å²) in [6.07, 6.45) is 0. The lowest BCUT2D eigenvalue weighted by Gasteiger charge is -2.21. The van der Waals surface area contributed by atoms with Gasteiger partial charge in [0.1, 0.15) is 0 Å². The van der Waals surface area contributed by atoms with Gasteiger partial charge >= 0.3 is 0 Å². The van der Waals surface area contributed by atoms with Crippen molar-refractivity contribution in [3.05, 3.63) is 17.6 Å². The second-order valence-electron chi connectivity index (χ2n) is 2.90. The summed E-state index contributed by atoms with van der Waals surface area (Å²) in [6, 6.07) is 2.92. The molecule has 1 heterocycles. The Hall–Kier alpha value is -1.60. The number of aromatic nitrogens is 2. The Labute approximate surface area is 86.3 Å². The number of hydrogen-bond donors (Lipinski definition) is 4. The highest BCUT2D eigenvalue weighted by Gasteiger charge is 2.07. The molecule has 0 spiro atoms. The van der Waals surface area contributed by atoms with Gasteiger partial charge < -0.3 is 20.3 Å². The first-order valence-electron chi connectivity index (χ1n) is 4.50. The minimum Gasteiger partial charge on any atom is -0.410 e. The van der Waals surface area contributed by atoms with Gasteiger partial charge in [0.05, 0.1) is 13.2 Å². The van der Waals surface area contributed by atoms with Crippen molar-refractivity contribution in [2.24, 2.45) is 0 Å². The van der Waals surface area contributed by atoms with Crippen LogP contribution in [0.3, 0.4) is 0 Å². The second kappa shape index (κ2) is 5.32. The predicted octanol–water partition coefficient (Wildman–Crippen LogP) is -1.61. The monoisotopic (exact) mass is 214 g/mol. The fraction of sp³-hybridized carbons (Fsp3) is 0.500. The molecule has 15 heavy (non-hydrogen) atoms. The van der Waals surface area contributed by atoms with Crippen molar-refractivity contribution in [2.75, 3.05) is 31.2 Å². The first-order chi connectivity index (χ1) is 7.19. The van der Waals surface area contributed by atoms with Crippen LogP contribution in [0, 0.1) is 5.41 Å². The highest BCUT2D eigenvalue weighted by molar-refractivity contribution is 5.36. The highest BCUT2D eigenvalue weighted by Crippen LogP contribution is 2.05. The van der Waals surface area contributed by atoms with Gasteiger partial charge in [0.2, 0.25) is 0 Å². The molecule has 0 amide bonds. The number of aliphatic hydroxyl groups is 2. The molecular weight excluding hydrogens is 200 g/mol. The van der Waals surface area contributed by atoms with E-state index in [1.54, 1.807) is 11.0 Å². The van der Waals surface area contributed by atoms with E-state index in [-0.39, 0.29) is 18.7 Å². The molecule has 4 N–H and O–H groups in total. The Morgan fingerprint density at radius 3 is 2.33 bits per heavy atom. The number of anilines is 1. The third-order valence-corrected chi connectivity index (χ3v) is 1.87. The molecule has 0 bridgehead atoms. The van der Waals surface area contributed by atoms with E-state index in [9.17, 15) is 0 Å². The molecule has 0 unspecified atom stereocenters. The molecule has 7 heteroatoms. The van der Waals surface area contributed by atoms with Crippen LogP contribution < -0.4 is 10.4 Å². The zero-order valence-electron chi connectivity index (χ0n) is 8.17. The molecule has 0 aromatic carbocycles. The third-order valence-electron chi connectivity index (χ3n) is 1.87. The van der Waals surface area contributed by atoms with E-state index in [0.717, 1.165) is 0 Å². The van der Waals surface area contributed by atoms with Gasteiger partial charge in [-0.1, -0.05) is 4.85 Å². The van der Waals surface area contributed by atoms with Crippen molar-refractivity contribution in [1.82, 2.24) is 9.94 Å². The van der Waals surface area contributed by atoms with Gasteiger partial charge in [-0.3, -0.25) is 5.41 Å². The lowest BCUT2D eigenvalue weighted by Crippen LogP contribution is -2.32. The quantitative estimate of drug-likeness (QED) is 0.441. The number of nitrogens with one attached hydrogen (secondary N) is 1. The first-order valence-corrected chi connectivity index (χ1v) is 4.50. The maximum Gasteiger partial charge on any atom is 0.182 e. The zero-order chi connectivity index (χ0) is 11.3. The van der Waals surface area contributed by atoms with Gasteiger partial charge in [-0.05, 0) is 12.1 Å². The van der Waals surface area contributed by atoms with Gasteiger partial charge in [-0.15, -0.1) is 5.10 Å². The van der Waals surface area contributed by atoms with E-state index >= 15 is 0 Å². The molecule has 0 saturated heterocycles. The molecule has 0 atom stereocenters. The molecule has 0 aliphatic carbocycles. The average molecular weight is 214 g/mol. The average Bonchev–Trinajstić information content (AvgIpc) is 2.22. The van der Waals surface area contributed by atoms with Crippen LogP contribution in [0.1, 0.15) is 0 Å². The Morgan fingerprint density at radius 1 is 1.27 bits per heavy atom. The summed E-state index contributed by atoms with van der Waals surface area (Å²) in [5, 5.41) is 37.6. The maximum absolute atomic E-state index is 9.15. The van der Waals surface area contributed by atoms with E-state index < -0.39 is 0 Å². The van der Waals surface area contributed by atoms with E-state index in [1.807, 2.05) is 0 Å². The largest absolute Gasteiger partial charge is 0.410 e. The Kier molecular flexibility index (Phi) is 4.07. The topological polar surface area (TPSA) is 106 Å². The van der Waals surface area contributed by atoms with Crippen LogP contribution in [0.25, 0.3) is 0 Å². The summed E-state index contributed by atoms with van der Waals surface area (Å²) in [4.78, 5) is 2.04. The fourth-order valence-electron chi connectivity index (χ4n) is 1.16. The summed E-state index contributed by atoms with van der Waals surface area (Å²) in [5.74, 6) is 0.400. The van der Waals surface area contributed by atoms with Crippen molar-refractivity contribution in [3.63, 3.8) is 0 Å². The Balaban J connectivity index is 2.90. The van der Waals surface area contributed by atoms with Crippen LogP contribution in [0.2, 0.25) is 0 Å². The molecule has 0 saturated carbocycles. The molecular formula is C8H14N4O3. The number of nitrogens with zero attached hydrogens (tertiary/aromatic N) is 3. The van der Waals surface area contributed by atoms with Gasteiger partial charge in [-0.25, -0.2) is 0 Å². The smallest absolute Gasteiger partial charge is 0.182 e. The summed E-state index contributed by atoms with van der Waals surface area (Å²) < 4.78 is 0. The van der Waals surface area contributed by atoms with Crippen LogP contribution in [0.4, 0.5) is 5.82 Å². The van der Waals surface area contributed by atoms with Crippen molar-refractivity contribution in [3.8, 4) is 0 Å². The molecule has 0 fully saturated rings. The van der Waals surface area contributed by atoms with Gasteiger partial charge in [0.25, 0.3) is 0 Å². The summed E-state index contributed by atoms with van der Waals surface area (Å²) in [7, 11) is 0. The first kappa shape index (κ1) is 11.5. The number of hydrogen-bond acceptors (Lipinski definition) is 6. The van der Waals surface area contributed by atoms with Gasteiger partial charge in [0.15, 0.2) is 11.3 Å². The molecule has 0 radical (unpaired) electrons. The van der Waals surface area contributed by atoms with Crippen molar-refractivity contribution < 1.29 is 15.4 Å². The normalized spacial score (nSPS) is 10.3. The lowest BCUT2D eigenvalue weighted by molar-refractivity contribution is 0.130. The molecule has 84 valence electrons. The number of rotatable bonds is 5. The standard InChI is InChI=1S/C8H14N4O3/c9-7-1-2-8(10-12(7)15)11(3-5-13)4-6-14/h1-2,9,13-15H,3-6H2. The maximum atomic E-state index is 9.15. The van der Waals surface area contributed by atoms with Crippen LogP contribution >= 0.6 is 0 Å². The third kappa shape index (κ3) is 2.93. The Morgan fingerprint density at radius 2 is 1.87 bits per heavy atom. The van der Waals surface area contributed by atoms with Crippen LogP contribution in [0.15, 0.2) is 12.1 Å². The summed E-state index contributed by atoms with van der Waals surface area (Å²) in [6.45, 7) is 0.473. The molecule has 0 aliphatic rings. The molecule has 0 aliphatic heterocycles. The van der Waals surface area contributed by atoms with Crippen molar-refractivity contribution in [1.29, 1.82) is 5.41 Å². The summed E-state index contributed by atoms with van der Waals surface area (Å²) in [5.41, 5.74) is -0.133. The van der Waals surface area contributed by atoms with E-state index in [2.05, 4.69) is 5.10 Å². The molecule has 1 aromatic rings. The fourth-order valence-corrected chi connectivity index (χ4v) is 1.16. The van der Waals surface area contributed by atoms with E-state index in [0.29, 0.717) is 23.8 Å². The molecule has 1 aromatic heterocycles. The predicted molar refractivity (Wildman–Crippen MR) is 51.7 cm³/mol. The minimum atomic E-state index is -0.133. The zero-order valence-corrected chi connectivity index (χ0v) is 8.17. The van der Waals surface area contributed by atoms with Gasteiger partial charge in [0, 0.05) is 13.1 Å². The van der Waals surface area contributed by atoms with E-state index in [4.69, 9.17) is 20.8 Å². The van der Waals surface area contributed by atoms with Gasteiger partial charge in [-0.2, -0.15) is 0 Å².